The lowest BCUT2D eigenvalue weighted by atomic mass is 10.1. The number of guanidine groups is 1. The van der Waals surface area contributed by atoms with Gasteiger partial charge >= 0.3 is 0 Å². The van der Waals surface area contributed by atoms with Crippen molar-refractivity contribution in [3.63, 3.8) is 0 Å². The van der Waals surface area contributed by atoms with Crippen LogP contribution in [0.5, 0.6) is 5.75 Å². The van der Waals surface area contributed by atoms with Crippen molar-refractivity contribution in [2.24, 2.45) is 4.99 Å². The Kier molecular flexibility index (Phi) is 10.8. The molecule has 0 radical (unpaired) electrons. The van der Waals surface area contributed by atoms with Crippen LogP contribution in [0.4, 0.5) is 0 Å². The summed E-state index contributed by atoms with van der Waals surface area (Å²) < 4.78 is 5.66. The van der Waals surface area contributed by atoms with E-state index in [-0.39, 0.29) is 42.0 Å². The van der Waals surface area contributed by atoms with E-state index in [0.29, 0.717) is 24.1 Å². The summed E-state index contributed by atoms with van der Waals surface area (Å²) in [5.41, 5.74) is -0.249. The second-order valence-corrected chi connectivity index (χ2v) is 6.86. The Morgan fingerprint density at radius 3 is 2.40 bits per heavy atom. The third-order valence-electron chi connectivity index (χ3n) is 3.00. The molecule has 0 unspecified atom stereocenters. The third-order valence-corrected chi connectivity index (χ3v) is 3.26. The third kappa shape index (κ3) is 10.4. The lowest BCUT2D eigenvalue weighted by molar-refractivity contribution is -0.121. The predicted octanol–water partition coefficient (Wildman–Crippen LogP) is 2.76. The molecule has 6 nitrogen and oxygen atoms in total. The summed E-state index contributed by atoms with van der Waals surface area (Å²) in [6, 6.07) is 7.22. The maximum absolute atomic E-state index is 11.8. The molecule has 0 fully saturated rings. The molecule has 1 aromatic carbocycles. The van der Waals surface area contributed by atoms with Crippen molar-refractivity contribution in [1.29, 1.82) is 0 Å². The molecule has 0 aromatic heterocycles. The Morgan fingerprint density at radius 1 is 1.28 bits per heavy atom. The molecule has 8 heteroatoms. The average Bonchev–Trinajstić information content (AvgIpc) is 2.48. The fraction of sp³-hybridized carbons (Fsp3) is 0.529. The molecular formula is C17H28ClIN4O2. The van der Waals surface area contributed by atoms with Gasteiger partial charge in [0, 0.05) is 24.7 Å². The van der Waals surface area contributed by atoms with Gasteiger partial charge in [-0.1, -0.05) is 11.6 Å². The Labute approximate surface area is 172 Å². The van der Waals surface area contributed by atoms with Crippen LogP contribution in [-0.4, -0.2) is 56.1 Å². The smallest absolute Gasteiger partial charge is 0.239 e. The largest absolute Gasteiger partial charge is 0.492 e. The predicted molar refractivity (Wildman–Crippen MR) is 114 cm³/mol. The van der Waals surface area contributed by atoms with Gasteiger partial charge in [-0.05, 0) is 45.0 Å². The second-order valence-electron chi connectivity index (χ2n) is 6.42. The van der Waals surface area contributed by atoms with Crippen molar-refractivity contribution in [2.75, 3.05) is 33.8 Å². The summed E-state index contributed by atoms with van der Waals surface area (Å²) in [5.74, 6) is 1.33. The van der Waals surface area contributed by atoms with Gasteiger partial charge in [-0.25, -0.2) is 0 Å². The van der Waals surface area contributed by atoms with Crippen molar-refractivity contribution in [2.45, 2.75) is 26.3 Å². The molecule has 0 heterocycles. The van der Waals surface area contributed by atoms with Gasteiger partial charge in [0.15, 0.2) is 5.96 Å². The SMILES string of the molecule is CN=C(NCC(=O)NC(C)(C)C)N(C)CCOc1ccc(Cl)cc1.I. The molecule has 0 bridgehead atoms. The second kappa shape index (κ2) is 11.4. The maximum Gasteiger partial charge on any atom is 0.239 e. The van der Waals surface area contributed by atoms with Crippen LogP contribution >= 0.6 is 35.6 Å². The number of nitrogens with one attached hydrogen (secondary N) is 2. The summed E-state index contributed by atoms with van der Waals surface area (Å²) in [6.45, 7) is 7.13. The van der Waals surface area contributed by atoms with Crippen molar-refractivity contribution < 1.29 is 9.53 Å². The molecule has 0 atom stereocenters. The van der Waals surface area contributed by atoms with E-state index in [1.807, 2.05) is 44.9 Å². The Bertz CT molecular complexity index is 559. The molecule has 0 aliphatic rings. The number of halogens is 2. The summed E-state index contributed by atoms with van der Waals surface area (Å²) >= 11 is 5.84. The van der Waals surface area contributed by atoms with Crippen molar-refractivity contribution in [3.05, 3.63) is 29.3 Å². The summed E-state index contributed by atoms with van der Waals surface area (Å²) in [5, 5.41) is 6.61. The monoisotopic (exact) mass is 482 g/mol. The number of carbonyl (C=O) groups is 1. The van der Waals surface area contributed by atoms with Crippen LogP contribution in [-0.2, 0) is 4.79 Å². The van der Waals surface area contributed by atoms with Crippen LogP contribution in [0, 0.1) is 0 Å². The quantitative estimate of drug-likeness (QED) is 0.372. The first-order chi connectivity index (χ1) is 11.2. The first-order valence-electron chi connectivity index (χ1n) is 7.82. The number of hydrogen-bond donors (Lipinski definition) is 2. The van der Waals surface area contributed by atoms with Gasteiger partial charge in [-0.15, -0.1) is 24.0 Å². The zero-order valence-electron chi connectivity index (χ0n) is 15.4. The highest BCUT2D eigenvalue weighted by Gasteiger charge is 2.14. The molecule has 0 spiro atoms. The topological polar surface area (TPSA) is 66.0 Å². The number of likely N-dealkylation sites (N-methyl/N-ethyl adjacent to an activating group) is 1. The molecule has 1 rings (SSSR count). The number of ether oxygens (including phenoxy) is 1. The molecule has 1 aromatic rings. The highest BCUT2D eigenvalue weighted by molar-refractivity contribution is 14.0. The van der Waals surface area contributed by atoms with Crippen molar-refractivity contribution >= 4 is 47.4 Å². The van der Waals surface area contributed by atoms with Gasteiger partial charge in [0.1, 0.15) is 12.4 Å². The zero-order chi connectivity index (χ0) is 18.2. The summed E-state index contributed by atoms with van der Waals surface area (Å²) in [4.78, 5) is 17.9. The molecule has 2 N–H and O–H groups in total. The number of amides is 1. The van der Waals surface area contributed by atoms with Crippen LogP contribution in [0.2, 0.25) is 5.02 Å². The molecule has 0 saturated carbocycles. The molecule has 142 valence electrons. The van der Waals surface area contributed by atoms with E-state index in [1.54, 1.807) is 19.2 Å². The molecule has 25 heavy (non-hydrogen) atoms. The minimum Gasteiger partial charge on any atom is -0.492 e. The first-order valence-corrected chi connectivity index (χ1v) is 8.20. The van der Waals surface area contributed by atoms with Crippen LogP contribution in [0.3, 0.4) is 0 Å². The molecular weight excluding hydrogens is 455 g/mol. The fourth-order valence-electron chi connectivity index (χ4n) is 1.94. The van der Waals surface area contributed by atoms with Crippen LogP contribution in [0.15, 0.2) is 29.3 Å². The standard InChI is InChI=1S/C17H27ClN4O2.HI/c1-17(2,3)21-15(23)12-20-16(19-4)22(5)10-11-24-14-8-6-13(18)7-9-14;/h6-9H,10-12H2,1-5H3,(H,19,20)(H,21,23);1H. The molecule has 0 saturated heterocycles. The Morgan fingerprint density at radius 2 is 1.88 bits per heavy atom. The maximum atomic E-state index is 11.8. The van der Waals surface area contributed by atoms with Gasteiger partial charge in [-0.2, -0.15) is 0 Å². The normalized spacial score (nSPS) is 11.4. The Balaban J connectivity index is 0.00000576. The summed E-state index contributed by atoms with van der Waals surface area (Å²) in [7, 11) is 3.57. The van der Waals surface area contributed by atoms with Crippen molar-refractivity contribution in [1.82, 2.24) is 15.5 Å². The summed E-state index contributed by atoms with van der Waals surface area (Å²) in [6.07, 6.45) is 0. The number of benzene rings is 1. The molecule has 0 aliphatic heterocycles. The lowest BCUT2D eigenvalue weighted by Crippen LogP contribution is -2.48. The fourth-order valence-corrected chi connectivity index (χ4v) is 2.07. The van der Waals surface area contributed by atoms with Gasteiger partial charge in [0.05, 0.1) is 13.1 Å². The minimum absolute atomic E-state index is 0. The average molecular weight is 483 g/mol. The van der Waals surface area contributed by atoms with Crippen LogP contribution in [0.25, 0.3) is 0 Å². The Hall–Kier alpha value is -1.22. The number of aliphatic imine (C=N–C) groups is 1. The van der Waals surface area contributed by atoms with Gasteiger partial charge in [-0.3, -0.25) is 9.79 Å². The van der Waals surface area contributed by atoms with Crippen LogP contribution in [0.1, 0.15) is 20.8 Å². The van der Waals surface area contributed by atoms with Crippen molar-refractivity contribution in [3.8, 4) is 5.75 Å². The van der Waals surface area contributed by atoms with E-state index in [4.69, 9.17) is 16.3 Å². The molecule has 0 aliphatic carbocycles. The van der Waals surface area contributed by atoms with E-state index in [2.05, 4.69) is 15.6 Å². The van der Waals surface area contributed by atoms with E-state index >= 15 is 0 Å². The minimum atomic E-state index is -0.249. The van der Waals surface area contributed by atoms with Gasteiger partial charge in [0.2, 0.25) is 5.91 Å². The highest BCUT2D eigenvalue weighted by Crippen LogP contribution is 2.15. The molecule has 1 amide bonds. The van der Waals surface area contributed by atoms with Gasteiger partial charge in [0.25, 0.3) is 0 Å². The lowest BCUT2D eigenvalue weighted by Gasteiger charge is -2.24. The highest BCUT2D eigenvalue weighted by atomic mass is 127. The number of hydrogen-bond acceptors (Lipinski definition) is 3. The van der Waals surface area contributed by atoms with Crippen LogP contribution < -0.4 is 15.4 Å². The zero-order valence-corrected chi connectivity index (χ0v) is 18.5. The van der Waals surface area contributed by atoms with E-state index in [9.17, 15) is 4.79 Å². The van der Waals surface area contributed by atoms with Gasteiger partial charge < -0.3 is 20.3 Å². The first kappa shape index (κ1) is 23.8. The number of rotatable bonds is 6. The van der Waals surface area contributed by atoms with E-state index in [1.165, 1.54) is 0 Å². The number of carbonyl (C=O) groups excluding carboxylic acids is 1. The van der Waals surface area contributed by atoms with E-state index in [0.717, 1.165) is 5.75 Å². The number of nitrogens with zero attached hydrogens (tertiary/aromatic N) is 2. The van der Waals surface area contributed by atoms with E-state index < -0.39 is 0 Å².